The van der Waals surface area contributed by atoms with E-state index >= 15 is 0 Å². The van der Waals surface area contributed by atoms with Crippen LogP contribution in [0, 0.1) is 13.8 Å². The zero-order chi connectivity index (χ0) is 6.85. The predicted octanol–water partition coefficient (Wildman–Crippen LogP) is 3.09. The van der Waals surface area contributed by atoms with Crippen LogP contribution in [-0.4, -0.2) is 6.26 Å². The quantitative estimate of drug-likeness (QED) is 0.566. The number of rotatable bonds is 1. The third-order valence-corrected chi connectivity index (χ3v) is 3.17. The van der Waals surface area contributed by atoms with Crippen molar-refractivity contribution in [1.29, 1.82) is 0 Å². The highest BCUT2D eigenvalue weighted by molar-refractivity contribution is 7.98. The fourth-order valence-corrected chi connectivity index (χ4v) is 2.66. The maximum atomic E-state index is 2.24. The van der Waals surface area contributed by atoms with Crippen molar-refractivity contribution in [3.05, 3.63) is 15.8 Å². The summed E-state index contributed by atoms with van der Waals surface area (Å²) in [4.78, 5) is 4.29. The summed E-state index contributed by atoms with van der Waals surface area (Å²) in [5.74, 6) is 0. The van der Waals surface area contributed by atoms with E-state index in [1.54, 1.807) is 0 Å². The van der Waals surface area contributed by atoms with Gasteiger partial charge in [0.2, 0.25) is 0 Å². The molecule has 0 unspecified atom stereocenters. The second-order valence-electron chi connectivity index (χ2n) is 1.98. The average Bonchev–Trinajstić information content (AvgIpc) is 2.10. The van der Waals surface area contributed by atoms with Gasteiger partial charge in [-0.2, -0.15) is 0 Å². The lowest BCUT2D eigenvalue weighted by Gasteiger charge is -1.87. The molecule has 0 nitrogen and oxygen atoms in total. The van der Waals surface area contributed by atoms with Gasteiger partial charge in [-0.3, -0.25) is 0 Å². The van der Waals surface area contributed by atoms with Gasteiger partial charge in [0.25, 0.3) is 0 Å². The van der Waals surface area contributed by atoms with Crippen molar-refractivity contribution < 1.29 is 0 Å². The number of hydrogen-bond acceptors (Lipinski definition) is 2. The smallest absolute Gasteiger partial charge is 0.0208 e. The highest BCUT2D eigenvalue weighted by Gasteiger charge is 1.98. The van der Waals surface area contributed by atoms with Crippen LogP contribution in [0.15, 0.2) is 11.0 Å². The van der Waals surface area contributed by atoms with Gasteiger partial charge in [-0.05, 0) is 26.2 Å². The molecule has 0 aliphatic rings. The molecule has 1 aromatic heterocycles. The van der Waals surface area contributed by atoms with Gasteiger partial charge in [0.05, 0.1) is 0 Å². The third kappa shape index (κ3) is 1.49. The molecule has 0 amide bonds. The topological polar surface area (TPSA) is 0 Å². The summed E-state index contributed by atoms with van der Waals surface area (Å²) in [7, 11) is 0. The maximum Gasteiger partial charge on any atom is 0.0208 e. The van der Waals surface area contributed by atoms with Gasteiger partial charge in [-0.1, -0.05) is 0 Å². The van der Waals surface area contributed by atoms with Crippen LogP contribution in [0.3, 0.4) is 0 Å². The molecule has 0 aliphatic carbocycles. The molecule has 0 atom stereocenters. The van der Waals surface area contributed by atoms with Crippen LogP contribution in [0.25, 0.3) is 0 Å². The Bertz CT molecular complexity index is 201. The number of aryl methyl sites for hydroxylation is 2. The van der Waals surface area contributed by atoms with Gasteiger partial charge < -0.3 is 0 Å². The van der Waals surface area contributed by atoms with E-state index in [1.807, 2.05) is 23.1 Å². The number of thioether (sulfide) groups is 1. The third-order valence-electron chi connectivity index (χ3n) is 1.22. The SMILES string of the molecule is CSc1cc(C)sc1C. The van der Waals surface area contributed by atoms with Gasteiger partial charge in [-0.25, -0.2) is 0 Å². The van der Waals surface area contributed by atoms with Gasteiger partial charge in [0.15, 0.2) is 0 Å². The first kappa shape index (κ1) is 7.16. The van der Waals surface area contributed by atoms with Crippen molar-refractivity contribution in [2.45, 2.75) is 18.7 Å². The summed E-state index contributed by atoms with van der Waals surface area (Å²) in [6.07, 6.45) is 2.12. The minimum atomic E-state index is 1.41. The zero-order valence-corrected chi connectivity index (χ0v) is 7.53. The number of hydrogen-bond donors (Lipinski definition) is 0. The Morgan fingerprint density at radius 1 is 1.44 bits per heavy atom. The second kappa shape index (κ2) is 2.76. The first-order valence-corrected chi connectivity index (χ1v) is 4.89. The van der Waals surface area contributed by atoms with Crippen LogP contribution in [0.1, 0.15) is 9.75 Å². The van der Waals surface area contributed by atoms with Crippen LogP contribution in [0.4, 0.5) is 0 Å². The van der Waals surface area contributed by atoms with E-state index in [0.29, 0.717) is 0 Å². The maximum absolute atomic E-state index is 2.24. The molecule has 0 saturated heterocycles. The Kier molecular flexibility index (Phi) is 2.19. The van der Waals surface area contributed by atoms with Crippen molar-refractivity contribution >= 4 is 23.1 Å². The Labute approximate surface area is 64.3 Å². The fraction of sp³-hybridized carbons (Fsp3) is 0.429. The van der Waals surface area contributed by atoms with Crippen molar-refractivity contribution in [1.82, 2.24) is 0 Å². The molecule has 0 saturated carbocycles. The number of thiophene rings is 1. The van der Waals surface area contributed by atoms with E-state index in [2.05, 4.69) is 26.2 Å². The van der Waals surface area contributed by atoms with Crippen LogP contribution in [0.2, 0.25) is 0 Å². The van der Waals surface area contributed by atoms with Crippen LogP contribution in [-0.2, 0) is 0 Å². The lowest BCUT2D eigenvalue weighted by molar-refractivity contribution is 1.41. The zero-order valence-electron chi connectivity index (χ0n) is 5.89. The van der Waals surface area contributed by atoms with Gasteiger partial charge in [0.1, 0.15) is 0 Å². The van der Waals surface area contributed by atoms with Crippen molar-refractivity contribution in [2.24, 2.45) is 0 Å². The highest BCUT2D eigenvalue weighted by atomic mass is 32.2. The van der Waals surface area contributed by atoms with E-state index in [4.69, 9.17) is 0 Å². The Morgan fingerprint density at radius 3 is 2.33 bits per heavy atom. The lowest BCUT2D eigenvalue weighted by atomic mass is 10.4. The molecular formula is C7H10S2. The minimum Gasteiger partial charge on any atom is -0.145 e. The van der Waals surface area contributed by atoms with E-state index in [9.17, 15) is 0 Å². The van der Waals surface area contributed by atoms with Gasteiger partial charge in [0, 0.05) is 14.6 Å². The van der Waals surface area contributed by atoms with Crippen molar-refractivity contribution in [3.8, 4) is 0 Å². The lowest BCUT2D eigenvalue weighted by Crippen LogP contribution is -1.62. The Morgan fingerprint density at radius 2 is 2.11 bits per heavy atom. The normalized spacial score (nSPS) is 10.1. The molecule has 0 radical (unpaired) electrons. The second-order valence-corrected chi connectivity index (χ2v) is 4.29. The Hall–Kier alpha value is 0.0500. The van der Waals surface area contributed by atoms with Crippen LogP contribution in [0.5, 0.6) is 0 Å². The van der Waals surface area contributed by atoms with Crippen molar-refractivity contribution in [3.63, 3.8) is 0 Å². The molecule has 1 heterocycles. The largest absolute Gasteiger partial charge is 0.145 e. The highest BCUT2D eigenvalue weighted by Crippen LogP contribution is 2.27. The molecule has 1 aromatic rings. The van der Waals surface area contributed by atoms with Crippen LogP contribution < -0.4 is 0 Å². The first-order chi connectivity index (χ1) is 4.24. The summed E-state index contributed by atoms with van der Waals surface area (Å²) >= 11 is 3.70. The van der Waals surface area contributed by atoms with Gasteiger partial charge in [-0.15, -0.1) is 23.1 Å². The minimum absolute atomic E-state index is 1.41. The van der Waals surface area contributed by atoms with E-state index < -0.39 is 0 Å². The van der Waals surface area contributed by atoms with Crippen LogP contribution >= 0.6 is 23.1 Å². The predicted molar refractivity (Wildman–Crippen MR) is 45.6 cm³/mol. The molecule has 2 heteroatoms. The summed E-state index contributed by atoms with van der Waals surface area (Å²) in [6.45, 7) is 4.32. The molecule has 0 N–H and O–H groups in total. The summed E-state index contributed by atoms with van der Waals surface area (Å²) < 4.78 is 0. The summed E-state index contributed by atoms with van der Waals surface area (Å²) in [5, 5.41) is 0. The van der Waals surface area contributed by atoms with Crippen molar-refractivity contribution in [2.75, 3.05) is 6.26 Å². The molecule has 0 fully saturated rings. The van der Waals surface area contributed by atoms with E-state index in [0.717, 1.165) is 0 Å². The van der Waals surface area contributed by atoms with E-state index in [-0.39, 0.29) is 0 Å². The molecule has 0 bridgehead atoms. The summed E-state index contributed by atoms with van der Waals surface area (Å²) in [6, 6.07) is 2.24. The molecule has 9 heavy (non-hydrogen) atoms. The molecule has 50 valence electrons. The summed E-state index contributed by atoms with van der Waals surface area (Å²) in [5.41, 5.74) is 0. The molecule has 0 spiro atoms. The molecule has 1 rings (SSSR count). The average molecular weight is 158 g/mol. The first-order valence-electron chi connectivity index (χ1n) is 2.85. The monoisotopic (exact) mass is 158 g/mol. The van der Waals surface area contributed by atoms with Gasteiger partial charge >= 0.3 is 0 Å². The molecule has 0 aromatic carbocycles. The molecular weight excluding hydrogens is 148 g/mol. The fourth-order valence-electron chi connectivity index (χ4n) is 0.810. The Balaban J connectivity index is 3.01. The standard InChI is InChI=1S/C7H10S2/c1-5-4-7(8-3)6(2)9-5/h4H,1-3H3. The van der Waals surface area contributed by atoms with E-state index in [1.165, 1.54) is 14.6 Å². The molecule has 0 aliphatic heterocycles.